The first-order chi connectivity index (χ1) is 12.9. The Morgan fingerprint density at radius 3 is 1.96 bits per heavy atom. The van der Waals surface area contributed by atoms with Crippen LogP contribution in [-0.2, 0) is 19.3 Å². The van der Waals surface area contributed by atoms with Crippen LogP contribution in [0.4, 0.5) is 0 Å². The third-order valence-electron chi connectivity index (χ3n) is 4.43. The summed E-state index contributed by atoms with van der Waals surface area (Å²) in [5.74, 6) is -1.30. The monoisotopic (exact) mass is 393 g/mol. The molecule has 0 aliphatic rings. The van der Waals surface area contributed by atoms with E-state index in [1.54, 1.807) is 48.5 Å². The summed E-state index contributed by atoms with van der Waals surface area (Å²) in [5, 5.41) is 11.8. The van der Waals surface area contributed by atoms with E-state index in [-0.39, 0.29) is 11.3 Å². The van der Waals surface area contributed by atoms with Crippen molar-refractivity contribution in [3.8, 4) is 0 Å². The highest BCUT2D eigenvalue weighted by Gasteiger charge is 2.39. The van der Waals surface area contributed by atoms with E-state index in [4.69, 9.17) is 9.47 Å². The average Bonchev–Trinajstić information content (AvgIpc) is 2.69. The van der Waals surface area contributed by atoms with Crippen molar-refractivity contribution >= 4 is 9.84 Å². The van der Waals surface area contributed by atoms with Gasteiger partial charge >= 0.3 is 0 Å². The molecule has 7 nitrogen and oxygen atoms in total. The van der Waals surface area contributed by atoms with E-state index in [0.29, 0.717) is 5.56 Å². The largest absolute Gasteiger partial charge is 0.356 e. The highest BCUT2D eigenvalue weighted by Crippen LogP contribution is 2.30. The van der Waals surface area contributed by atoms with Crippen molar-refractivity contribution in [2.45, 2.75) is 29.6 Å². The van der Waals surface area contributed by atoms with Gasteiger partial charge in [-0.15, -0.1) is 0 Å². The fraction of sp³-hybridized carbons (Fsp3) is 0.368. The number of rotatable bonds is 10. The van der Waals surface area contributed by atoms with E-state index in [1.807, 2.05) is 0 Å². The number of nitrogens with zero attached hydrogens (tertiary/aromatic N) is 1. The lowest BCUT2D eigenvalue weighted by molar-refractivity contribution is -0.521. The van der Waals surface area contributed by atoms with E-state index in [9.17, 15) is 18.5 Å². The number of nitro groups is 1. The zero-order valence-electron chi connectivity index (χ0n) is 15.2. The number of sulfone groups is 1. The van der Waals surface area contributed by atoms with Crippen LogP contribution in [0.1, 0.15) is 17.9 Å². The van der Waals surface area contributed by atoms with Gasteiger partial charge in [-0.25, -0.2) is 8.42 Å². The molecule has 2 rings (SSSR count). The molecule has 0 fully saturated rings. The molecule has 0 N–H and O–H groups in total. The smallest absolute Gasteiger partial charge is 0.234 e. The number of hydrogen-bond donors (Lipinski definition) is 0. The van der Waals surface area contributed by atoms with Gasteiger partial charge in [-0.2, -0.15) is 0 Å². The molecule has 8 heteroatoms. The highest BCUT2D eigenvalue weighted by molar-refractivity contribution is 7.91. The third-order valence-corrected chi connectivity index (χ3v) is 6.20. The molecule has 0 spiro atoms. The fourth-order valence-corrected chi connectivity index (χ4v) is 4.55. The maximum absolute atomic E-state index is 12.7. The number of ether oxygens (including phenoxy) is 2. The molecule has 0 radical (unpaired) electrons. The SMILES string of the molecule is COC(C[C@@H](c1ccccc1)C(CS(=O)(=O)c1ccccc1)[N+](=O)[O-])OC. The standard InChI is InChI=1S/C19H23NO6S/c1-25-19(26-2)13-17(15-9-5-3-6-10-15)18(20(21)22)14-27(23,24)16-11-7-4-8-12-16/h3-12,17-19H,13-14H2,1-2H3/t17-,18?/m0/s1. The quantitative estimate of drug-likeness (QED) is 0.350. The maximum atomic E-state index is 12.7. The summed E-state index contributed by atoms with van der Waals surface area (Å²) >= 11 is 0. The van der Waals surface area contributed by atoms with Crippen LogP contribution in [0.25, 0.3) is 0 Å². The molecular formula is C19H23NO6S. The Morgan fingerprint density at radius 2 is 1.48 bits per heavy atom. The van der Waals surface area contributed by atoms with Gasteiger partial charge in [-0.05, 0) is 17.7 Å². The van der Waals surface area contributed by atoms with Crippen LogP contribution in [0.5, 0.6) is 0 Å². The number of benzene rings is 2. The summed E-state index contributed by atoms with van der Waals surface area (Å²) < 4.78 is 35.9. The van der Waals surface area contributed by atoms with Crippen LogP contribution in [0.3, 0.4) is 0 Å². The lowest BCUT2D eigenvalue weighted by Gasteiger charge is -2.25. The summed E-state index contributed by atoms with van der Waals surface area (Å²) in [6, 6.07) is 15.2. The minimum Gasteiger partial charge on any atom is -0.356 e. The van der Waals surface area contributed by atoms with Gasteiger partial charge in [0.2, 0.25) is 6.04 Å². The van der Waals surface area contributed by atoms with E-state index >= 15 is 0 Å². The third kappa shape index (κ3) is 5.59. The molecule has 2 atom stereocenters. The minimum atomic E-state index is -3.83. The predicted molar refractivity (Wildman–Crippen MR) is 101 cm³/mol. The molecule has 1 unspecified atom stereocenters. The Bertz CT molecular complexity index is 822. The molecule has 146 valence electrons. The van der Waals surface area contributed by atoms with E-state index in [1.165, 1.54) is 26.4 Å². The normalized spacial score (nSPS) is 14.0. The molecule has 0 aromatic heterocycles. The first kappa shape index (κ1) is 21.0. The first-order valence-corrected chi connectivity index (χ1v) is 10.1. The second-order valence-electron chi connectivity index (χ2n) is 6.10. The molecule has 0 saturated carbocycles. The lowest BCUT2D eigenvalue weighted by atomic mass is 9.89. The molecule has 0 bridgehead atoms. The molecule has 0 saturated heterocycles. The van der Waals surface area contributed by atoms with Crippen LogP contribution in [0.2, 0.25) is 0 Å². The van der Waals surface area contributed by atoms with Crippen molar-refractivity contribution in [2.75, 3.05) is 20.0 Å². The fourth-order valence-electron chi connectivity index (χ4n) is 2.98. The van der Waals surface area contributed by atoms with Gasteiger partial charge in [-0.3, -0.25) is 10.1 Å². The zero-order chi connectivity index (χ0) is 19.9. The Morgan fingerprint density at radius 1 is 0.963 bits per heavy atom. The number of hydrogen-bond acceptors (Lipinski definition) is 6. The van der Waals surface area contributed by atoms with Crippen LogP contribution in [0, 0.1) is 10.1 Å². The van der Waals surface area contributed by atoms with Gasteiger partial charge in [0.25, 0.3) is 0 Å². The molecule has 2 aromatic carbocycles. The molecular weight excluding hydrogens is 370 g/mol. The molecule has 0 amide bonds. The van der Waals surface area contributed by atoms with Crippen molar-refractivity contribution in [3.63, 3.8) is 0 Å². The van der Waals surface area contributed by atoms with Crippen molar-refractivity contribution in [3.05, 3.63) is 76.3 Å². The minimum absolute atomic E-state index is 0.0682. The summed E-state index contributed by atoms with van der Waals surface area (Å²) in [4.78, 5) is 11.4. The van der Waals surface area contributed by atoms with Crippen LogP contribution in [0.15, 0.2) is 65.6 Å². The molecule has 0 aliphatic heterocycles. The van der Waals surface area contributed by atoms with Gasteiger partial charge in [0.05, 0.1) is 10.8 Å². The highest BCUT2D eigenvalue weighted by atomic mass is 32.2. The van der Waals surface area contributed by atoms with Gasteiger partial charge < -0.3 is 9.47 Å². The van der Waals surface area contributed by atoms with E-state index in [2.05, 4.69) is 0 Å². The maximum Gasteiger partial charge on any atom is 0.234 e. The van der Waals surface area contributed by atoms with E-state index < -0.39 is 38.8 Å². The predicted octanol–water partition coefficient (Wildman–Crippen LogP) is 2.90. The van der Waals surface area contributed by atoms with Crippen molar-refractivity contribution in [1.29, 1.82) is 0 Å². The molecule has 0 aliphatic carbocycles. The van der Waals surface area contributed by atoms with E-state index in [0.717, 1.165) is 0 Å². The average molecular weight is 393 g/mol. The van der Waals surface area contributed by atoms with Crippen molar-refractivity contribution < 1.29 is 22.8 Å². The van der Waals surface area contributed by atoms with Crippen molar-refractivity contribution in [1.82, 2.24) is 0 Å². The Balaban J connectivity index is 2.40. The second-order valence-corrected chi connectivity index (χ2v) is 8.14. The second kappa shape index (κ2) is 9.59. The summed E-state index contributed by atoms with van der Waals surface area (Å²) in [5.41, 5.74) is 0.668. The Hall–Kier alpha value is -2.29. The van der Waals surface area contributed by atoms with Gasteiger partial charge in [-0.1, -0.05) is 48.5 Å². The lowest BCUT2D eigenvalue weighted by Crippen LogP contribution is -2.37. The summed E-state index contributed by atoms with van der Waals surface area (Å²) in [7, 11) is -0.945. The van der Waals surface area contributed by atoms with Gasteiger partial charge in [0.15, 0.2) is 16.1 Å². The van der Waals surface area contributed by atoms with Crippen molar-refractivity contribution in [2.24, 2.45) is 0 Å². The zero-order valence-corrected chi connectivity index (χ0v) is 16.0. The first-order valence-electron chi connectivity index (χ1n) is 8.41. The summed E-state index contributed by atoms with van der Waals surface area (Å²) in [6.07, 6.45) is -0.524. The topological polar surface area (TPSA) is 95.7 Å². The molecule has 27 heavy (non-hydrogen) atoms. The van der Waals surface area contributed by atoms with Gasteiger partial charge in [0, 0.05) is 25.6 Å². The Labute approximate surface area is 159 Å². The van der Waals surface area contributed by atoms with Gasteiger partial charge in [0.1, 0.15) is 5.75 Å². The Kier molecular flexibility index (Phi) is 7.46. The van der Waals surface area contributed by atoms with Crippen LogP contribution in [-0.4, -0.2) is 45.6 Å². The number of methoxy groups -OCH3 is 2. The summed E-state index contributed by atoms with van der Waals surface area (Å²) in [6.45, 7) is 0. The van der Waals surface area contributed by atoms with Crippen LogP contribution >= 0.6 is 0 Å². The molecule has 0 heterocycles. The van der Waals surface area contributed by atoms with Crippen LogP contribution < -0.4 is 0 Å². The molecule has 2 aromatic rings.